The van der Waals surface area contributed by atoms with Gasteiger partial charge in [-0.3, -0.25) is 9.59 Å². The van der Waals surface area contributed by atoms with Gasteiger partial charge in [0.05, 0.1) is 34.5 Å². The first-order valence-electron chi connectivity index (χ1n) is 9.44. The van der Waals surface area contributed by atoms with Crippen LogP contribution in [0.2, 0.25) is 10.0 Å². The van der Waals surface area contributed by atoms with E-state index >= 15 is 0 Å². The summed E-state index contributed by atoms with van der Waals surface area (Å²) >= 11 is 12.2. The van der Waals surface area contributed by atoms with E-state index in [0.29, 0.717) is 16.3 Å². The third-order valence-corrected chi connectivity index (χ3v) is 5.70. The molecule has 0 fully saturated rings. The highest BCUT2D eigenvalue weighted by molar-refractivity contribution is 6.42. The van der Waals surface area contributed by atoms with Crippen LogP contribution in [0, 0.1) is 0 Å². The molecule has 0 spiro atoms. The second-order valence-corrected chi connectivity index (χ2v) is 7.77. The maximum atomic E-state index is 13.1. The van der Waals surface area contributed by atoms with Gasteiger partial charge in [-0.05, 0) is 41.5 Å². The maximum absolute atomic E-state index is 13.1. The number of benzene rings is 2. The molecule has 1 atom stereocenters. The number of allylic oxidation sites excluding steroid dienone is 1. The molecule has 2 aromatic carbocycles. The number of rotatable bonds is 6. The molecule has 156 valence electrons. The number of nitrogens with zero attached hydrogens (tertiary/aromatic N) is 1. The highest BCUT2D eigenvalue weighted by Crippen LogP contribution is 2.40. The van der Waals surface area contributed by atoms with E-state index in [-0.39, 0.29) is 17.1 Å². The predicted octanol–water partition coefficient (Wildman–Crippen LogP) is 5.76. The lowest BCUT2D eigenvalue weighted by atomic mass is 9.95. The van der Waals surface area contributed by atoms with Gasteiger partial charge in [0.1, 0.15) is 5.76 Å². The zero-order valence-electron chi connectivity index (χ0n) is 16.2. The molecule has 0 saturated heterocycles. The summed E-state index contributed by atoms with van der Waals surface area (Å²) in [6, 6.07) is 16.7. The summed E-state index contributed by atoms with van der Waals surface area (Å²) in [5.74, 6) is -1.22. The number of ketones is 1. The minimum absolute atomic E-state index is 0.0258. The molecule has 0 bridgehead atoms. The molecule has 0 aliphatic carbocycles. The van der Waals surface area contributed by atoms with Gasteiger partial charge in [0.15, 0.2) is 11.5 Å². The van der Waals surface area contributed by atoms with Gasteiger partial charge in [0.25, 0.3) is 5.91 Å². The molecule has 3 aromatic rings. The number of aliphatic hydroxyl groups is 1. The molecule has 1 N–H and O–H groups in total. The summed E-state index contributed by atoms with van der Waals surface area (Å²) in [5, 5.41) is 11.2. The summed E-state index contributed by atoms with van der Waals surface area (Å²) in [4.78, 5) is 27.4. The van der Waals surface area contributed by atoms with Crippen LogP contribution in [0.25, 0.3) is 6.08 Å². The number of halogens is 2. The van der Waals surface area contributed by atoms with E-state index in [4.69, 9.17) is 27.6 Å². The average Bonchev–Trinajstić information content (AvgIpc) is 3.37. The Bertz CT molecular complexity index is 1180. The van der Waals surface area contributed by atoms with Crippen molar-refractivity contribution < 1.29 is 19.1 Å². The quantitative estimate of drug-likeness (QED) is 0.481. The van der Waals surface area contributed by atoms with E-state index in [2.05, 4.69) is 0 Å². The molecule has 1 aliphatic heterocycles. The number of carbonyl (C=O) groups is 2. The molecule has 7 heteroatoms. The van der Waals surface area contributed by atoms with E-state index in [1.165, 1.54) is 17.2 Å². The van der Waals surface area contributed by atoms with Crippen molar-refractivity contribution in [3.63, 3.8) is 0 Å². The van der Waals surface area contributed by atoms with Gasteiger partial charge >= 0.3 is 0 Å². The van der Waals surface area contributed by atoms with Crippen LogP contribution in [-0.2, 0) is 16.1 Å². The van der Waals surface area contributed by atoms with Crippen LogP contribution in [0.5, 0.6) is 0 Å². The predicted molar refractivity (Wildman–Crippen MR) is 119 cm³/mol. The summed E-state index contributed by atoms with van der Waals surface area (Å²) in [6.07, 6.45) is 4.47. The van der Waals surface area contributed by atoms with Crippen molar-refractivity contribution in [3.05, 3.63) is 111 Å². The van der Waals surface area contributed by atoms with E-state index < -0.39 is 23.5 Å². The Hall–Kier alpha value is -3.28. The molecule has 0 radical (unpaired) electrons. The third kappa shape index (κ3) is 4.29. The maximum Gasteiger partial charge on any atom is 0.290 e. The molecular weight excluding hydrogens is 437 g/mol. The van der Waals surface area contributed by atoms with Gasteiger partial charge in [-0.2, -0.15) is 0 Å². The van der Waals surface area contributed by atoms with Gasteiger partial charge in [0, 0.05) is 0 Å². The van der Waals surface area contributed by atoms with E-state index in [1.807, 2.05) is 30.3 Å². The first-order chi connectivity index (χ1) is 15.0. The van der Waals surface area contributed by atoms with Crippen LogP contribution in [0.3, 0.4) is 0 Å². The van der Waals surface area contributed by atoms with Crippen molar-refractivity contribution in [2.45, 2.75) is 12.6 Å². The topological polar surface area (TPSA) is 70.8 Å². The fraction of sp³-hybridized carbons (Fsp3) is 0.0833. The molecule has 31 heavy (non-hydrogen) atoms. The van der Waals surface area contributed by atoms with Gasteiger partial charge in [-0.1, -0.05) is 65.7 Å². The molecule has 2 heterocycles. The van der Waals surface area contributed by atoms with Crippen LogP contribution in [-0.4, -0.2) is 21.7 Å². The van der Waals surface area contributed by atoms with Gasteiger partial charge in [0.2, 0.25) is 0 Å². The monoisotopic (exact) mass is 453 g/mol. The van der Waals surface area contributed by atoms with Crippen LogP contribution in [0.1, 0.15) is 22.9 Å². The number of amides is 1. The Labute approximate surface area is 188 Å². The second kappa shape index (κ2) is 8.84. The first kappa shape index (κ1) is 21.0. The first-order valence-corrected chi connectivity index (χ1v) is 10.2. The number of furan rings is 1. The normalized spacial score (nSPS) is 16.5. The zero-order valence-corrected chi connectivity index (χ0v) is 17.7. The minimum Gasteiger partial charge on any atom is -0.503 e. The molecule has 1 aromatic heterocycles. The van der Waals surface area contributed by atoms with Crippen molar-refractivity contribution in [1.29, 1.82) is 0 Å². The van der Waals surface area contributed by atoms with Crippen LogP contribution >= 0.6 is 23.2 Å². The largest absolute Gasteiger partial charge is 0.503 e. The second-order valence-electron chi connectivity index (χ2n) is 6.96. The molecule has 4 rings (SSSR count). The zero-order chi connectivity index (χ0) is 22.0. The SMILES string of the molecule is O=C(/C=C/c1ccccc1)C1=C(O)C(=O)N(Cc2ccco2)C1c1ccc(Cl)c(Cl)c1. The van der Waals surface area contributed by atoms with Gasteiger partial charge in [-0.25, -0.2) is 0 Å². The summed E-state index contributed by atoms with van der Waals surface area (Å²) in [5.41, 5.74) is 1.34. The fourth-order valence-electron chi connectivity index (χ4n) is 3.49. The van der Waals surface area contributed by atoms with Crippen molar-refractivity contribution in [1.82, 2.24) is 4.90 Å². The number of hydrogen-bond donors (Lipinski definition) is 1. The van der Waals surface area contributed by atoms with E-state index in [1.54, 1.807) is 36.4 Å². The fourth-order valence-corrected chi connectivity index (χ4v) is 3.80. The lowest BCUT2D eigenvalue weighted by Crippen LogP contribution is -2.30. The Kier molecular flexibility index (Phi) is 5.98. The molecule has 1 aliphatic rings. The van der Waals surface area contributed by atoms with Crippen molar-refractivity contribution >= 4 is 41.0 Å². The lowest BCUT2D eigenvalue weighted by Gasteiger charge is -2.26. The number of carbonyl (C=O) groups excluding carboxylic acids is 2. The molecule has 1 unspecified atom stereocenters. The van der Waals surface area contributed by atoms with Crippen LogP contribution in [0.15, 0.2) is 88.8 Å². The Balaban J connectivity index is 1.74. The van der Waals surface area contributed by atoms with Crippen molar-refractivity contribution in [2.24, 2.45) is 0 Å². The Morgan fingerprint density at radius 1 is 1.06 bits per heavy atom. The van der Waals surface area contributed by atoms with Gasteiger partial charge in [-0.15, -0.1) is 0 Å². The molecular formula is C24H17Cl2NO4. The summed E-state index contributed by atoms with van der Waals surface area (Å²) < 4.78 is 5.37. The Morgan fingerprint density at radius 2 is 1.84 bits per heavy atom. The van der Waals surface area contributed by atoms with Crippen LogP contribution in [0.4, 0.5) is 0 Å². The molecule has 5 nitrogen and oxygen atoms in total. The number of aliphatic hydroxyl groups excluding tert-OH is 1. The minimum atomic E-state index is -0.847. The van der Waals surface area contributed by atoms with Crippen molar-refractivity contribution in [2.75, 3.05) is 0 Å². The van der Waals surface area contributed by atoms with Crippen LogP contribution < -0.4 is 0 Å². The lowest BCUT2D eigenvalue weighted by molar-refractivity contribution is -0.130. The summed E-state index contributed by atoms with van der Waals surface area (Å²) in [6.45, 7) is 0.0694. The standard InChI is InChI=1S/C24H17Cl2NO4/c25-18-10-9-16(13-19(18)26)22-21(20(28)11-8-15-5-2-1-3-6-15)23(29)24(30)27(22)14-17-7-4-12-31-17/h1-13,22,29H,14H2/b11-8+. The van der Waals surface area contributed by atoms with Gasteiger partial charge < -0.3 is 14.4 Å². The highest BCUT2D eigenvalue weighted by atomic mass is 35.5. The Morgan fingerprint density at radius 3 is 2.52 bits per heavy atom. The number of hydrogen-bond acceptors (Lipinski definition) is 4. The van der Waals surface area contributed by atoms with E-state index in [0.717, 1.165) is 5.56 Å². The summed E-state index contributed by atoms with van der Waals surface area (Å²) in [7, 11) is 0. The average molecular weight is 454 g/mol. The van der Waals surface area contributed by atoms with E-state index in [9.17, 15) is 14.7 Å². The smallest absolute Gasteiger partial charge is 0.290 e. The van der Waals surface area contributed by atoms with Crippen molar-refractivity contribution in [3.8, 4) is 0 Å². The third-order valence-electron chi connectivity index (χ3n) is 4.96. The highest BCUT2D eigenvalue weighted by Gasteiger charge is 2.43. The molecule has 0 saturated carbocycles. The molecule has 1 amide bonds.